The largest absolute Gasteiger partial charge is 0.481 e. The molecular weight excluding hydrogens is 293 g/mol. The molecule has 0 fully saturated rings. The van der Waals surface area contributed by atoms with Gasteiger partial charge in [0.1, 0.15) is 5.82 Å². The van der Waals surface area contributed by atoms with Gasteiger partial charge in [-0.1, -0.05) is 12.1 Å². The van der Waals surface area contributed by atoms with Gasteiger partial charge in [-0.25, -0.2) is 4.39 Å². The minimum absolute atomic E-state index is 0.262. The van der Waals surface area contributed by atoms with Gasteiger partial charge < -0.3 is 10.4 Å². The molecular formula is C15H14FNO3S. The van der Waals surface area contributed by atoms with Crippen LogP contribution in [0.5, 0.6) is 0 Å². The van der Waals surface area contributed by atoms with E-state index in [0.29, 0.717) is 10.4 Å². The van der Waals surface area contributed by atoms with Gasteiger partial charge in [0.15, 0.2) is 0 Å². The third-order valence-corrected chi connectivity index (χ3v) is 4.04. The molecule has 21 heavy (non-hydrogen) atoms. The zero-order valence-electron chi connectivity index (χ0n) is 11.3. The van der Waals surface area contributed by atoms with E-state index >= 15 is 0 Å². The summed E-state index contributed by atoms with van der Waals surface area (Å²) in [4.78, 5) is 23.7. The van der Waals surface area contributed by atoms with Crippen molar-refractivity contribution in [3.05, 3.63) is 57.5 Å². The number of halogens is 1. The standard InChI is InChI=1S/C15H14FNO3S/c1-9-6-7-21-14(9)15(20)17-12(8-13(18)19)10-2-4-11(16)5-3-10/h2-7,12H,8H2,1H3,(H,17,20)(H,18,19)/t12-/m1/s1. The van der Waals surface area contributed by atoms with Crippen LogP contribution in [0.3, 0.4) is 0 Å². The summed E-state index contributed by atoms with van der Waals surface area (Å²) in [6, 6.07) is 6.56. The summed E-state index contributed by atoms with van der Waals surface area (Å²) in [5, 5.41) is 13.5. The highest BCUT2D eigenvalue weighted by Gasteiger charge is 2.20. The summed E-state index contributed by atoms with van der Waals surface area (Å²) in [5.41, 5.74) is 1.40. The summed E-state index contributed by atoms with van der Waals surface area (Å²) in [7, 11) is 0. The van der Waals surface area contributed by atoms with Gasteiger partial charge in [0.05, 0.1) is 17.3 Å². The molecule has 1 heterocycles. The average molecular weight is 307 g/mol. The Labute approximate surface area is 125 Å². The molecule has 0 saturated heterocycles. The maximum absolute atomic E-state index is 12.9. The summed E-state index contributed by atoms with van der Waals surface area (Å²) < 4.78 is 12.9. The van der Waals surface area contributed by atoms with Crippen molar-refractivity contribution >= 4 is 23.2 Å². The maximum atomic E-state index is 12.9. The van der Waals surface area contributed by atoms with Crippen molar-refractivity contribution in [3.8, 4) is 0 Å². The van der Waals surface area contributed by atoms with E-state index in [1.54, 1.807) is 5.38 Å². The highest BCUT2D eigenvalue weighted by molar-refractivity contribution is 7.12. The van der Waals surface area contributed by atoms with Crippen LogP contribution in [0.15, 0.2) is 35.7 Å². The van der Waals surface area contributed by atoms with Crippen LogP contribution in [0.1, 0.15) is 33.3 Å². The predicted molar refractivity (Wildman–Crippen MR) is 77.9 cm³/mol. The van der Waals surface area contributed by atoms with E-state index in [1.807, 2.05) is 13.0 Å². The van der Waals surface area contributed by atoms with E-state index in [4.69, 9.17) is 5.11 Å². The van der Waals surface area contributed by atoms with Crippen LogP contribution in [0.4, 0.5) is 4.39 Å². The number of carboxylic acid groups (broad SMARTS) is 1. The van der Waals surface area contributed by atoms with Crippen LogP contribution in [-0.2, 0) is 4.79 Å². The fourth-order valence-electron chi connectivity index (χ4n) is 1.95. The van der Waals surface area contributed by atoms with E-state index in [2.05, 4.69) is 5.32 Å². The van der Waals surface area contributed by atoms with E-state index < -0.39 is 17.8 Å². The van der Waals surface area contributed by atoms with Crippen molar-refractivity contribution in [2.45, 2.75) is 19.4 Å². The van der Waals surface area contributed by atoms with E-state index in [0.717, 1.165) is 5.56 Å². The topological polar surface area (TPSA) is 66.4 Å². The second-order valence-corrected chi connectivity index (χ2v) is 5.52. The molecule has 1 aromatic heterocycles. The minimum Gasteiger partial charge on any atom is -0.481 e. The molecule has 0 bridgehead atoms. The van der Waals surface area contributed by atoms with Crippen LogP contribution in [-0.4, -0.2) is 17.0 Å². The monoisotopic (exact) mass is 307 g/mol. The first-order chi connectivity index (χ1) is 9.97. The van der Waals surface area contributed by atoms with Crippen LogP contribution >= 0.6 is 11.3 Å². The number of carbonyl (C=O) groups excluding carboxylic acids is 1. The van der Waals surface area contributed by atoms with Gasteiger partial charge in [0, 0.05) is 0 Å². The molecule has 0 unspecified atom stereocenters. The van der Waals surface area contributed by atoms with Gasteiger partial charge >= 0.3 is 5.97 Å². The second-order valence-electron chi connectivity index (χ2n) is 4.61. The van der Waals surface area contributed by atoms with Gasteiger partial charge in [-0.2, -0.15) is 0 Å². The highest BCUT2D eigenvalue weighted by atomic mass is 32.1. The van der Waals surface area contributed by atoms with Crippen molar-refractivity contribution < 1.29 is 19.1 Å². The first-order valence-corrected chi connectivity index (χ1v) is 7.17. The lowest BCUT2D eigenvalue weighted by Gasteiger charge is -2.17. The van der Waals surface area contributed by atoms with E-state index in [1.165, 1.54) is 35.6 Å². The van der Waals surface area contributed by atoms with Crippen LogP contribution in [0, 0.1) is 12.7 Å². The van der Waals surface area contributed by atoms with E-state index in [9.17, 15) is 14.0 Å². The Morgan fingerprint density at radius 1 is 1.29 bits per heavy atom. The summed E-state index contributed by atoms with van der Waals surface area (Å²) in [6.45, 7) is 1.81. The summed E-state index contributed by atoms with van der Waals surface area (Å²) in [5.74, 6) is -1.76. The number of hydrogen-bond acceptors (Lipinski definition) is 3. The number of aliphatic carboxylic acids is 1. The Morgan fingerprint density at radius 2 is 1.95 bits per heavy atom. The first kappa shape index (κ1) is 15.2. The predicted octanol–water partition coefficient (Wildman–Crippen LogP) is 3.14. The number of carbonyl (C=O) groups is 2. The molecule has 0 aliphatic carbocycles. The van der Waals surface area contributed by atoms with Crippen LogP contribution in [0.2, 0.25) is 0 Å². The number of amides is 1. The molecule has 2 aromatic rings. The lowest BCUT2D eigenvalue weighted by atomic mass is 10.0. The first-order valence-electron chi connectivity index (χ1n) is 6.29. The minimum atomic E-state index is -1.03. The Bertz CT molecular complexity index is 651. The molecule has 2 rings (SSSR count). The molecule has 0 radical (unpaired) electrons. The number of benzene rings is 1. The second kappa shape index (κ2) is 6.49. The van der Waals surface area contributed by atoms with Crippen molar-refractivity contribution in [1.29, 1.82) is 0 Å². The Morgan fingerprint density at radius 3 is 2.48 bits per heavy atom. The van der Waals surface area contributed by atoms with Gasteiger partial charge in [-0.15, -0.1) is 11.3 Å². The molecule has 1 amide bonds. The molecule has 0 aliphatic rings. The van der Waals surface area contributed by atoms with Gasteiger partial charge in [0.25, 0.3) is 5.91 Å². The molecule has 2 N–H and O–H groups in total. The lowest BCUT2D eigenvalue weighted by molar-refractivity contribution is -0.137. The fourth-order valence-corrected chi connectivity index (χ4v) is 2.78. The maximum Gasteiger partial charge on any atom is 0.305 e. The number of rotatable bonds is 5. The number of thiophene rings is 1. The normalized spacial score (nSPS) is 11.9. The van der Waals surface area contributed by atoms with Gasteiger partial charge in [0.2, 0.25) is 0 Å². The van der Waals surface area contributed by atoms with Crippen molar-refractivity contribution in [3.63, 3.8) is 0 Å². The number of aryl methyl sites for hydroxylation is 1. The fraction of sp³-hybridized carbons (Fsp3) is 0.200. The smallest absolute Gasteiger partial charge is 0.305 e. The van der Waals surface area contributed by atoms with Gasteiger partial charge in [-0.05, 0) is 41.6 Å². The SMILES string of the molecule is Cc1ccsc1C(=O)N[C@H](CC(=O)O)c1ccc(F)cc1. The molecule has 0 aliphatic heterocycles. The molecule has 1 atom stereocenters. The zero-order valence-corrected chi connectivity index (χ0v) is 12.1. The van der Waals surface area contributed by atoms with Gasteiger partial charge in [-0.3, -0.25) is 9.59 Å². The summed E-state index contributed by atoms with van der Waals surface area (Å²) in [6.07, 6.45) is -0.262. The zero-order chi connectivity index (χ0) is 15.4. The Hall–Kier alpha value is -2.21. The average Bonchev–Trinajstić information content (AvgIpc) is 2.84. The molecule has 4 nitrogen and oxygen atoms in total. The third kappa shape index (κ3) is 3.88. The Kier molecular flexibility index (Phi) is 4.70. The number of nitrogens with one attached hydrogen (secondary N) is 1. The van der Waals surface area contributed by atoms with Crippen molar-refractivity contribution in [2.24, 2.45) is 0 Å². The molecule has 1 aromatic carbocycles. The molecule has 0 saturated carbocycles. The van der Waals surface area contributed by atoms with E-state index in [-0.39, 0.29) is 12.3 Å². The quantitative estimate of drug-likeness (QED) is 0.892. The molecule has 6 heteroatoms. The third-order valence-electron chi connectivity index (χ3n) is 3.02. The van der Waals surface area contributed by atoms with Crippen molar-refractivity contribution in [1.82, 2.24) is 5.32 Å². The summed E-state index contributed by atoms with van der Waals surface area (Å²) >= 11 is 1.30. The lowest BCUT2D eigenvalue weighted by Crippen LogP contribution is -2.30. The van der Waals surface area contributed by atoms with Crippen molar-refractivity contribution in [2.75, 3.05) is 0 Å². The Balaban J connectivity index is 2.20. The molecule has 110 valence electrons. The highest BCUT2D eigenvalue weighted by Crippen LogP contribution is 2.21. The van der Waals surface area contributed by atoms with Crippen LogP contribution < -0.4 is 5.32 Å². The number of hydrogen-bond donors (Lipinski definition) is 2. The van der Waals surface area contributed by atoms with Crippen LogP contribution in [0.25, 0.3) is 0 Å². The number of carboxylic acids is 1. The molecule has 0 spiro atoms.